The molecule has 0 aliphatic heterocycles. The number of halogens is 2. The number of carboxylic acid groups (broad SMARTS) is 1. The lowest BCUT2D eigenvalue weighted by atomic mass is 10.0. The quantitative estimate of drug-likeness (QED) is 0.312. The normalized spacial score (nSPS) is 10.6. The summed E-state index contributed by atoms with van der Waals surface area (Å²) in [4.78, 5) is 28.8. The van der Waals surface area contributed by atoms with E-state index in [-0.39, 0.29) is 16.1 Å². The van der Waals surface area contributed by atoms with Crippen LogP contribution in [0.1, 0.15) is 20.7 Å². The van der Waals surface area contributed by atoms with E-state index in [4.69, 9.17) is 27.9 Å². The number of rotatable bonds is 6. The second kappa shape index (κ2) is 9.40. The largest absolute Gasteiger partial charge is 0.478 e. The molecule has 4 rings (SSSR count). The molecule has 2 N–H and O–H groups in total. The van der Waals surface area contributed by atoms with E-state index in [1.54, 1.807) is 47.8 Å². The summed E-state index contributed by atoms with van der Waals surface area (Å²) in [7, 11) is 0. The van der Waals surface area contributed by atoms with Crippen molar-refractivity contribution in [2.75, 3.05) is 5.32 Å². The lowest BCUT2D eigenvalue weighted by Gasteiger charge is -2.08. The highest BCUT2D eigenvalue weighted by molar-refractivity contribution is 7.15. The Morgan fingerprint density at radius 3 is 2.44 bits per heavy atom. The molecule has 0 radical (unpaired) electrons. The first kappa shape index (κ1) is 21.8. The molecule has 4 aromatic rings. The highest BCUT2D eigenvalue weighted by Gasteiger charge is 2.22. The summed E-state index contributed by atoms with van der Waals surface area (Å²) >= 11 is 13.1. The van der Waals surface area contributed by atoms with Crippen LogP contribution in [0.5, 0.6) is 11.6 Å². The van der Waals surface area contributed by atoms with Gasteiger partial charge in [0.1, 0.15) is 16.3 Å². The van der Waals surface area contributed by atoms with Gasteiger partial charge in [0.05, 0.1) is 15.6 Å². The Kier molecular flexibility index (Phi) is 6.41. The van der Waals surface area contributed by atoms with Crippen molar-refractivity contribution in [2.24, 2.45) is 0 Å². The Morgan fingerprint density at radius 1 is 1.00 bits per heavy atom. The fraction of sp³-hybridized carbons (Fsp3) is 0. The van der Waals surface area contributed by atoms with E-state index in [0.29, 0.717) is 32.8 Å². The van der Waals surface area contributed by atoms with Crippen molar-refractivity contribution in [1.29, 1.82) is 0 Å². The molecule has 0 bridgehead atoms. The first-order valence-electron chi connectivity index (χ1n) is 9.23. The predicted molar refractivity (Wildman–Crippen MR) is 125 cm³/mol. The maximum atomic E-state index is 12.7. The Hall–Kier alpha value is -3.39. The molecule has 32 heavy (non-hydrogen) atoms. The highest BCUT2D eigenvalue weighted by Crippen LogP contribution is 2.38. The van der Waals surface area contributed by atoms with Gasteiger partial charge in [-0.3, -0.25) is 4.79 Å². The van der Waals surface area contributed by atoms with Crippen molar-refractivity contribution in [3.05, 3.63) is 93.4 Å². The average Bonchev–Trinajstić information content (AvgIpc) is 3.20. The summed E-state index contributed by atoms with van der Waals surface area (Å²) in [6.07, 6.45) is 1.36. The van der Waals surface area contributed by atoms with Crippen LogP contribution in [0.4, 0.5) is 5.00 Å². The van der Waals surface area contributed by atoms with Gasteiger partial charge in [0.25, 0.3) is 5.91 Å². The van der Waals surface area contributed by atoms with Gasteiger partial charge in [0, 0.05) is 23.2 Å². The second-order valence-corrected chi connectivity index (χ2v) is 8.24. The van der Waals surface area contributed by atoms with Gasteiger partial charge in [-0.25, -0.2) is 9.78 Å². The molecule has 0 saturated heterocycles. The van der Waals surface area contributed by atoms with Crippen LogP contribution >= 0.6 is 34.5 Å². The average molecular weight is 485 g/mol. The Balaban J connectivity index is 1.55. The zero-order chi connectivity index (χ0) is 22.7. The Bertz CT molecular complexity index is 1290. The number of amides is 1. The van der Waals surface area contributed by atoms with Crippen molar-refractivity contribution < 1.29 is 19.4 Å². The topological polar surface area (TPSA) is 88.5 Å². The third kappa shape index (κ3) is 4.75. The van der Waals surface area contributed by atoms with Crippen LogP contribution in [0.2, 0.25) is 10.0 Å². The molecule has 0 saturated carbocycles. The van der Waals surface area contributed by atoms with Crippen LogP contribution < -0.4 is 10.1 Å². The van der Waals surface area contributed by atoms with Crippen LogP contribution in [-0.2, 0) is 0 Å². The number of hydrogen-bond donors (Lipinski definition) is 2. The standard InChI is InChI=1S/C23H14Cl2N2O4S/c24-17-8-6-13(10-18(17)25)16-12-32-22(20(16)23(29)30)27-21(28)14-7-9-19(26-11-14)31-15-4-2-1-3-5-15/h1-12H,(H,27,28)(H,29,30). The monoisotopic (exact) mass is 484 g/mol. The Labute approximate surface area is 197 Å². The van der Waals surface area contributed by atoms with Crippen molar-refractivity contribution in [3.63, 3.8) is 0 Å². The van der Waals surface area contributed by atoms with E-state index in [9.17, 15) is 14.7 Å². The molecule has 6 nitrogen and oxygen atoms in total. The third-order valence-corrected chi connectivity index (χ3v) is 6.06. The van der Waals surface area contributed by atoms with Gasteiger partial charge < -0.3 is 15.2 Å². The number of anilines is 1. The van der Waals surface area contributed by atoms with Crippen molar-refractivity contribution in [3.8, 4) is 22.8 Å². The summed E-state index contributed by atoms with van der Waals surface area (Å²) in [6, 6.07) is 17.1. The fourth-order valence-electron chi connectivity index (χ4n) is 2.90. The number of carbonyl (C=O) groups is 2. The molecule has 0 atom stereocenters. The summed E-state index contributed by atoms with van der Waals surface area (Å²) in [5.41, 5.74) is 1.24. The second-order valence-electron chi connectivity index (χ2n) is 6.54. The zero-order valence-electron chi connectivity index (χ0n) is 16.2. The van der Waals surface area contributed by atoms with Crippen molar-refractivity contribution >= 4 is 51.4 Å². The van der Waals surface area contributed by atoms with E-state index in [1.807, 2.05) is 18.2 Å². The minimum Gasteiger partial charge on any atom is -0.478 e. The molecule has 0 aliphatic rings. The first-order valence-corrected chi connectivity index (χ1v) is 10.9. The Morgan fingerprint density at radius 2 is 1.78 bits per heavy atom. The number of carbonyl (C=O) groups excluding carboxylic acids is 1. The minimum absolute atomic E-state index is 0.0290. The van der Waals surface area contributed by atoms with Crippen molar-refractivity contribution in [1.82, 2.24) is 4.98 Å². The SMILES string of the molecule is O=C(Nc1scc(-c2ccc(Cl)c(Cl)c2)c1C(=O)O)c1ccc(Oc2ccccc2)nc1. The maximum absolute atomic E-state index is 12.7. The van der Waals surface area contributed by atoms with Crippen LogP contribution in [0, 0.1) is 0 Å². The van der Waals surface area contributed by atoms with Gasteiger partial charge in [-0.1, -0.05) is 47.5 Å². The number of benzene rings is 2. The number of pyridine rings is 1. The molecule has 0 aliphatic carbocycles. The molecule has 0 spiro atoms. The predicted octanol–water partition coefficient (Wildman–Crippen LogP) is 6.86. The minimum atomic E-state index is -1.17. The molecule has 0 fully saturated rings. The van der Waals surface area contributed by atoms with Gasteiger partial charge in [0.2, 0.25) is 5.88 Å². The molecule has 2 aromatic carbocycles. The number of aromatic nitrogens is 1. The molecule has 0 unspecified atom stereocenters. The van der Waals surface area contributed by atoms with E-state index in [1.165, 1.54) is 6.20 Å². The fourth-order valence-corrected chi connectivity index (χ4v) is 4.15. The number of carboxylic acids is 1. The smallest absolute Gasteiger partial charge is 0.339 e. The lowest BCUT2D eigenvalue weighted by molar-refractivity contribution is 0.0699. The van der Waals surface area contributed by atoms with Gasteiger partial charge in [-0.15, -0.1) is 11.3 Å². The van der Waals surface area contributed by atoms with E-state index >= 15 is 0 Å². The van der Waals surface area contributed by atoms with Gasteiger partial charge in [-0.05, 0) is 35.9 Å². The number of nitrogens with zero attached hydrogens (tertiary/aromatic N) is 1. The van der Waals surface area contributed by atoms with Crippen LogP contribution in [0.3, 0.4) is 0 Å². The molecule has 9 heteroatoms. The number of aromatic carboxylic acids is 1. The molecule has 2 heterocycles. The number of para-hydroxylation sites is 1. The zero-order valence-corrected chi connectivity index (χ0v) is 18.5. The van der Waals surface area contributed by atoms with Gasteiger partial charge in [0.15, 0.2) is 0 Å². The van der Waals surface area contributed by atoms with E-state index in [0.717, 1.165) is 11.3 Å². The van der Waals surface area contributed by atoms with Gasteiger partial charge >= 0.3 is 5.97 Å². The van der Waals surface area contributed by atoms with Gasteiger partial charge in [-0.2, -0.15) is 0 Å². The molecular formula is C23H14Cl2N2O4S. The molecule has 1 amide bonds. The van der Waals surface area contributed by atoms with Crippen molar-refractivity contribution in [2.45, 2.75) is 0 Å². The lowest BCUT2D eigenvalue weighted by Crippen LogP contribution is -2.13. The highest BCUT2D eigenvalue weighted by atomic mass is 35.5. The number of nitrogens with one attached hydrogen (secondary N) is 1. The van der Waals surface area contributed by atoms with Crippen LogP contribution in [-0.4, -0.2) is 22.0 Å². The number of thiophene rings is 1. The molecule has 2 aromatic heterocycles. The van der Waals surface area contributed by atoms with Crippen LogP contribution in [0.25, 0.3) is 11.1 Å². The van der Waals surface area contributed by atoms with Crippen LogP contribution in [0.15, 0.2) is 72.2 Å². The van der Waals surface area contributed by atoms with E-state index in [2.05, 4.69) is 10.3 Å². The summed E-state index contributed by atoms with van der Waals surface area (Å²) in [6.45, 7) is 0. The molecular weight excluding hydrogens is 471 g/mol. The number of ether oxygens (including phenoxy) is 1. The number of hydrogen-bond acceptors (Lipinski definition) is 5. The molecule has 160 valence electrons. The third-order valence-electron chi connectivity index (χ3n) is 4.43. The maximum Gasteiger partial charge on any atom is 0.339 e. The summed E-state index contributed by atoms with van der Waals surface area (Å²) < 4.78 is 5.61. The summed E-state index contributed by atoms with van der Waals surface area (Å²) in [5, 5.41) is 14.9. The first-order chi connectivity index (χ1) is 15.4. The van der Waals surface area contributed by atoms with E-state index < -0.39 is 11.9 Å². The summed E-state index contributed by atoms with van der Waals surface area (Å²) in [5.74, 6) is -0.713.